The first-order valence-electron chi connectivity index (χ1n) is 10.1. The number of ether oxygens (including phenoxy) is 1. The van der Waals surface area contributed by atoms with E-state index in [-0.39, 0.29) is 0 Å². The van der Waals surface area contributed by atoms with Gasteiger partial charge in [-0.25, -0.2) is 0 Å². The van der Waals surface area contributed by atoms with Crippen LogP contribution in [-0.4, -0.2) is 44.1 Å². The van der Waals surface area contributed by atoms with Crippen LogP contribution < -0.4 is 10.6 Å². The van der Waals surface area contributed by atoms with Gasteiger partial charge in [-0.1, -0.05) is 38.1 Å². The maximum absolute atomic E-state index is 5.58. The normalized spacial score (nSPS) is 11.8. The molecule has 1 aromatic carbocycles. The number of benzene rings is 1. The first kappa shape index (κ1) is 22.0. The number of nitrogens with one attached hydrogen (secondary N) is 2. The molecule has 0 aliphatic heterocycles. The Balaban J connectivity index is 1.62. The monoisotopic (exact) mass is 386 g/mol. The lowest BCUT2D eigenvalue weighted by molar-refractivity contribution is 0.105. The number of guanidine groups is 1. The Kier molecular flexibility index (Phi) is 10.2. The summed E-state index contributed by atoms with van der Waals surface area (Å²) in [5.74, 6) is 1.66. The molecule has 2 aromatic rings. The maximum Gasteiger partial charge on any atom is 0.191 e. The SMILES string of the molecule is CCN(CC)Cc1ccc(CNC(=NC)NCCCOCc2ccco2)cc1. The van der Waals surface area contributed by atoms with Crippen molar-refractivity contribution in [1.82, 2.24) is 15.5 Å². The van der Waals surface area contributed by atoms with Crippen LogP contribution in [0.3, 0.4) is 0 Å². The Bertz CT molecular complexity index is 664. The van der Waals surface area contributed by atoms with Gasteiger partial charge < -0.3 is 19.8 Å². The van der Waals surface area contributed by atoms with Crippen LogP contribution >= 0.6 is 0 Å². The van der Waals surface area contributed by atoms with Crippen LogP contribution in [0.2, 0.25) is 0 Å². The minimum absolute atomic E-state index is 0.518. The van der Waals surface area contributed by atoms with Crippen LogP contribution in [0.15, 0.2) is 52.1 Å². The molecule has 0 bridgehead atoms. The van der Waals surface area contributed by atoms with E-state index >= 15 is 0 Å². The van der Waals surface area contributed by atoms with Gasteiger partial charge in [-0.2, -0.15) is 0 Å². The molecule has 2 N–H and O–H groups in total. The molecule has 0 aliphatic rings. The molecular formula is C22H34N4O2. The Morgan fingerprint density at radius 2 is 1.82 bits per heavy atom. The lowest BCUT2D eigenvalue weighted by Crippen LogP contribution is -2.37. The minimum atomic E-state index is 0.518. The van der Waals surface area contributed by atoms with Gasteiger partial charge in [-0.15, -0.1) is 0 Å². The largest absolute Gasteiger partial charge is 0.467 e. The summed E-state index contributed by atoms with van der Waals surface area (Å²) >= 11 is 0. The van der Waals surface area contributed by atoms with E-state index in [2.05, 4.69) is 58.6 Å². The topological polar surface area (TPSA) is 62.0 Å². The van der Waals surface area contributed by atoms with Crippen molar-refractivity contribution in [3.05, 3.63) is 59.5 Å². The van der Waals surface area contributed by atoms with Crippen LogP contribution in [-0.2, 0) is 24.4 Å². The summed E-state index contributed by atoms with van der Waals surface area (Å²) in [7, 11) is 1.79. The van der Waals surface area contributed by atoms with E-state index in [0.717, 1.165) is 50.9 Å². The molecule has 0 amide bonds. The zero-order valence-electron chi connectivity index (χ0n) is 17.4. The summed E-state index contributed by atoms with van der Waals surface area (Å²) in [6.07, 6.45) is 2.57. The van der Waals surface area contributed by atoms with Crippen molar-refractivity contribution < 1.29 is 9.15 Å². The first-order valence-corrected chi connectivity index (χ1v) is 10.1. The van der Waals surface area contributed by atoms with Crippen molar-refractivity contribution in [2.45, 2.75) is 40.0 Å². The molecule has 6 nitrogen and oxygen atoms in total. The van der Waals surface area contributed by atoms with Gasteiger partial charge in [-0.05, 0) is 42.8 Å². The Labute approximate surface area is 169 Å². The standard InChI is InChI=1S/C22H34N4O2/c1-4-26(5-2)17-20-11-9-19(10-12-20)16-25-22(23-3)24-13-7-14-27-18-21-8-6-15-28-21/h6,8-12,15H,4-5,7,13-14,16-18H2,1-3H3,(H2,23,24,25). The third kappa shape index (κ3) is 8.15. The lowest BCUT2D eigenvalue weighted by atomic mass is 10.1. The van der Waals surface area contributed by atoms with Crippen LogP contribution in [0.25, 0.3) is 0 Å². The molecule has 28 heavy (non-hydrogen) atoms. The van der Waals surface area contributed by atoms with Crippen molar-refractivity contribution in [2.75, 3.05) is 33.3 Å². The molecule has 0 atom stereocenters. The van der Waals surface area contributed by atoms with Gasteiger partial charge >= 0.3 is 0 Å². The van der Waals surface area contributed by atoms with Crippen LogP contribution in [0, 0.1) is 0 Å². The van der Waals surface area contributed by atoms with Gasteiger partial charge in [0, 0.05) is 33.3 Å². The van der Waals surface area contributed by atoms with Gasteiger partial charge in [-0.3, -0.25) is 9.89 Å². The highest BCUT2D eigenvalue weighted by Crippen LogP contribution is 2.07. The molecule has 0 saturated heterocycles. The Morgan fingerprint density at radius 3 is 2.46 bits per heavy atom. The summed E-state index contributed by atoms with van der Waals surface area (Å²) in [5, 5.41) is 6.67. The summed E-state index contributed by atoms with van der Waals surface area (Å²) < 4.78 is 10.8. The van der Waals surface area contributed by atoms with Crippen molar-refractivity contribution in [1.29, 1.82) is 0 Å². The minimum Gasteiger partial charge on any atom is -0.467 e. The van der Waals surface area contributed by atoms with Crippen LogP contribution in [0.4, 0.5) is 0 Å². The highest BCUT2D eigenvalue weighted by atomic mass is 16.5. The highest BCUT2D eigenvalue weighted by Gasteiger charge is 2.02. The number of rotatable bonds is 12. The van der Waals surface area contributed by atoms with E-state index in [4.69, 9.17) is 9.15 Å². The predicted octanol–water partition coefficient (Wildman–Crippen LogP) is 3.39. The maximum atomic E-state index is 5.58. The second-order valence-corrected chi connectivity index (χ2v) is 6.62. The fraction of sp³-hybridized carbons (Fsp3) is 0.500. The van der Waals surface area contributed by atoms with E-state index in [1.165, 1.54) is 11.1 Å². The average Bonchev–Trinajstić information content (AvgIpc) is 3.25. The summed E-state index contributed by atoms with van der Waals surface area (Å²) in [6.45, 7) is 10.3. The van der Waals surface area contributed by atoms with E-state index in [9.17, 15) is 0 Å². The van der Waals surface area contributed by atoms with Crippen LogP contribution in [0.5, 0.6) is 0 Å². The number of hydrogen-bond acceptors (Lipinski definition) is 4. The van der Waals surface area contributed by atoms with Gasteiger partial charge in [0.25, 0.3) is 0 Å². The van der Waals surface area contributed by atoms with E-state index in [0.29, 0.717) is 13.2 Å². The molecule has 1 aromatic heterocycles. The third-order valence-electron chi connectivity index (χ3n) is 4.59. The molecule has 2 rings (SSSR count). The fourth-order valence-corrected chi connectivity index (χ4v) is 2.82. The zero-order valence-corrected chi connectivity index (χ0v) is 17.4. The van der Waals surface area contributed by atoms with E-state index < -0.39 is 0 Å². The van der Waals surface area contributed by atoms with Crippen LogP contribution in [0.1, 0.15) is 37.2 Å². The summed E-state index contributed by atoms with van der Waals surface area (Å²) in [6, 6.07) is 12.6. The van der Waals surface area contributed by atoms with Crippen molar-refractivity contribution in [2.24, 2.45) is 4.99 Å². The smallest absolute Gasteiger partial charge is 0.191 e. The quantitative estimate of drug-likeness (QED) is 0.333. The fourth-order valence-electron chi connectivity index (χ4n) is 2.82. The third-order valence-corrected chi connectivity index (χ3v) is 4.59. The van der Waals surface area contributed by atoms with Crippen molar-refractivity contribution in [3.63, 3.8) is 0 Å². The van der Waals surface area contributed by atoms with Crippen molar-refractivity contribution in [3.8, 4) is 0 Å². The van der Waals surface area contributed by atoms with Gasteiger partial charge in [0.2, 0.25) is 0 Å². The second kappa shape index (κ2) is 13.0. The molecule has 0 unspecified atom stereocenters. The molecule has 0 aliphatic carbocycles. The first-order chi connectivity index (χ1) is 13.7. The van der Waals surface area contributed by atoms with E-state index in [1.54, 1.807) is 13.3 Å². The van der Waals surface area contributed by atoms with Gasteiger partial charge in [0.15, 0.2) is 5.96 Å². The molecular weight excluding hydrogens is 352 g/mol. The molecule has 6 heteroatoms. The Hall–Kier alpha value is -2.31. The van der Waals surface area contributed by atoms with E-state index in [1.807, 2.05) is 12.1 Å². The molecule has 0 spiro atoms. The van der Waals surface area contributed by atoms with Gasteiger partial charge in [0.1, 0.15) is 12.4 Å². The zero-order chi connectivity index (χ0) is 20.0. The molecule has 1 heterocycles. The number of hydrogen-bond donors (Lipinski definition) is 2. The molecule has 0 radical (unpaired) electrons. The molecule has 0 fully saturated rings. The predicted molar refractivity (Wildman–Crippen MR) is 114 cm³/mol. The lowest BCUT2D eigenvalue weighted by Gasteiger charge is -2.18. The molecule has 0 saturated carbocycles. The Morgan fingerprint density at radius 1 is 1.07 bits per heavy atom. The summed E-state index contributed by atoms with van der Waals surface area (Å²) in [5.41, 5.74) is 2.59. The number of furan rings is 1. The van der Waals surface area contributed by atoms with Crippen molar-refractivity contribution >= 4 is 5.96 Å². The average molecular weight is 387 g/mol. The molecule has 154 valence electrons. The number of nitrogens with zero attached hydrogens (tertiary/aromatic N) is 2. The van der Waals surface area contributed by atoms with Gasteiger partial charge in [0.05, 0.1) is 6.26 Å². The highest BCUT2D eigenvalue weighted by molar-refractivity contribution is 5.79. The number of aliphatic imine (C=N–C) groups is 1. The summed E-state index contributed by atoms with van der Waals surface area (Å²) in [4.78, 5) is 6.69. The second-order valence-electron chi connectivity index (χ2n) is 6.62.